The highest BCUT2D eigenvalue weighted by Gasteiger charge is 2.04. The number of hydrogen-bond acceptors (Lipinski definition) is 2. The van der Waals surface area contributed by atoms with Crippen LogP contribution in [0.5, 0.6) is 0 Å². The third kappa shape index (κ3) is 3.97. The molecule has 0 aromatic heterocycles. The van der Waals surface area contributed by atoms with Crippen molar-refractivity contribution in [1.29, 1.82) is 0 Å². The number of halogens is 1. The molecule has 0 heterocycles. The zero-order valence-electron chi connectivity index (χ0n) is 9.75. The van der Waals surface area contributed by atoms with Crippen LogP contribution < -0.4 is 0 Å². The predicted octanol–water partition coefficient (Wildman–Crippen LogP) is 3.64. The first-order chi connectivity index (χ1) is 7.65. The monoisotopic (exact) mass is 284 g/mol. The highest BCUT2D eigenvalue weighted by molar-refractivity contribution is 9.10. The van der Waals surface area contributed by atoms with Crippen molar-refractivity contribution in [3.05, 3.63) is 33.8 Å². The molecule has 0 saturated carbocycles. The van der Waals surface area contributed by atoms with Crippen LogP contribution in [0.1, 0.15) is 30.9 Å². The van der Waals surface area contributed by atoms with Crippen molar-refractivity contribution in [3.63, 3.8) is 0 Å². The predicted molar refractivity (Wildman–Crippen MR) is 68.5 cm³/mol. The molecule has 0 amide bonds. The van der Waals surface area contributed by atoms with Crippen molar-refractivity contribution in [2.45, 2.75) is 33.1 Å². The Morgan fingerprint density at radius 1 is 1.44 bits per heavy atom. The molecule has 1 aromatic rings. The zero-order chi connectivity index (χ0) is 12.0. The highest BCUT2D eigenvalue weighted by Crippen LogP contribution is 2.20. The first-order valence-electron chi connectivity index (χ1n) is 5.54. The van der Waals surface area contributed by atoms with Gasteiger partial charge < -0.3 is 4.74 Å². The quantitative estimate of drug-likeness (QED) is 0.772. The number of carbonyl (C=O) groups excluding carboxylic acids is 1. The molecule has 16 heavy (non-hydrogen) atoms. The molecule has 0 aliphatic heterocycles. The fourth-order valence-electron chi connectivity index (χ4n) is 1.58. The molecule has 1 aromatic carbocycles. The van der Waals surface area contributed by atoms with E-state index in [1.807, 2.05) is 19.1 Å². The van der Waals surface area contributed by atoms with Gasteiger partial charge >= 0.3 is 5.97 Å². The van der Waals surface area contributed by atoms with Crippen LogP contribution >= 0.6 is 15.9 Å². The van der Waals surface area contributed by atoms with E-state index in [-0.39, 0.29) is 5.97 Å². The molecular formula is C13H17BrO2. The number of aryl methyl sites for hydroxylation is 1. The SMILES string of the molecule is CCOC(=O)CCCc1cccc(Br)c1C. The first-order valence-corrected chi connectivity index (χ1v) is 6.34. The molecule has 0 spiro atoms. The molecule has 2 nitrogen and oxygen atoms in total. The molecule has 0 N–H and O–H groups in total. The molecule has 0 aliphatic rings. The van der Waals surface area contributed by atoms with E-state index in [1.54, 1.807) is 0 Å². The van der Waals surface area contributed by atoms with Crippen molar-refractivity contribution >= 4 is 21.9 Å². The Morgan fingerprint density at radius 2 is 2.19 bits per heavy atom. The number of hydrogen-bond donors (Lipinski definition) is 0. The van der Waals surface area contributed by atoms with Crippen LogP contribution in [0.15, 0.2) is 22.7 Å². The minimum absolute atomic E-state index is 0.102. The van der Waals surface area contributed by atoms with E-state index >= 15 is 0 Å². The van der Waals surface area contributed by atoms with Crippen LogP contribution in [0.4, 0.5) is 0 Å². The summed E-state index contributed by atoms with van der Waals surface area (Å²) in [6.07, 6.45) is 2.26. The van der Waals surface area contributed by atoms with E-state index in [4.69, 9.17) is 4.74 Å². The van der Waals surface area contributed by atoms with Gasteiger partial charge in [0.05, 0.1) is 6.61 Å². The molecular weight excluding hydrogens is 268 g/mol. The van der Waals surface area contributed by atoms with Gasteiger partial charge in [-0.25, -0.2) is 0 Å². The van der Waals surface area contributed by atoms with Crippen LogP contribution in [-0.4, -0.2) is 12.6 Å². The Kier molecular flexibility index (Phi) is 5.53. The Balaban J connectivity index is 2.43. The molecule has 0 aliphatic carbocycles. The summed E-state index contributed by atoms with van der Waals surface area (Å²) >= 11 is 3.50. The lowest BCUT2D eigenvalue weighted by molar-refractivity contribution is -0.143. The zero-order valence-corrected chi connectivity index (χ0v) is 11.3. The summed E-state index contributed by atoms with van der Waals surface area (Å²) in [5, 5.41) is 0. The highest BCUT2D eigenvalue weighted by atomic mass is 79.9. The molecule has 0 unspecified atom stereocenters. The number of rotatable bonds is 5. The van der Waals surface area contributed by atoms with Gasteiger partial charge in [0.25, 0.3) is 0 Å². The van der Waals surface area contributed by atoms with E-state index in [2.05, 4.69) is 28.9 Å². The fraction of sp³-hybridized carbons (Fsp3) is 0.462. The van der Waals surface area contributed by atoms with Crippen LogP contribution in [0.2, 0.25) is 0 Å². The Hall–Kier alpha value is -0.830. The summed E-state index contributed by atoms with van der Waals surface area (Å²) in [6, 6.07) is 6.16. The smallest absolute Gasteiger partial charge is 0.305 e. The van der Waals surface area contributed by atoms with Gasteiger partial charge in [0.2, 0.25) is 0 Å². The Morgan fingerprint density at radius 3 is 2.88 bits per heavy atom. The van der Waals surface area contributed by atoms with Crippen molar-refractivity contribution in [2.75, 3.05) is 6.61 Å². The van der Waals surface area contributed by atoms with Crippen LogP contribution in [0.3, 0.4) is 0 Å². The summed E-state index contributed by atoms with van der Waals surface area (Å²) in [5.74, 6) is -0.102. The normalized spacial score (nSPS) is 10.2. The van der Waals surface area contributed by atoms with Gasteiger partial charge in [-0.05, 0) is 43.9 Å². The number of ether oxygens (including phenoxy) is 1. The summed E-state index contributed by atoms with van der Waals surface area (Å²) in [7, 11) is 0. The molecule has 0 fully saturated rings. The average Bonchev–Trinajstić information content (AvgIpc) is 2.25. The minimum atomic E-state index is -0.102. The molecule has 3 heteroatoms. The molecule has 0 radical (unpaired) electrons. The lowest BCUT2D eigenvalue weighted by Gasteiger charge is -2.07. The third-order valence-electron chi connectivity index (χ3n) is 2.51. The van der Waals surface area contributed by atoms with Gasteiger partial charge in [-0.2, -0.15) is 0 Å². The van der Waals surface area contributed by atoms with Crippen molar-refractivity contribution in [1.82, 2.24) is 0 Å². The van der Waals surface area contributed by atoms with Crippen LogP contribution in [0.25, 0.3) is 0 Å². The van der Waals surface area contributed by atoms with E-state index in [0.717, 1.165) is 17.3 Å². The second-order valence-corrected chi connectivity index (χ2v) is 4.54. The maximum absolute atomic E-state index is 11.2. The number of benzene rings is 1. The second-order valence-electron chi connectivity index (χ2n) is 3.68. The van der Waals surface area contributed by atoms with E-state index < -0.39 is 0 Å². The lowest BCUT2D eigenvalue weighted by Crippen LogP contribution is -2.04. The van der Waals surface area contributed by atoms with Crippen molar-refractivity contribution in [2.24, 2.45) is 0 Å². The Labute approximate surface area is 105 Å². The van der Waals surface area contributed by atoms with Gasteiger partial charge in [-0.15, -0.1) is 0 Å². The van der Waals surface area contributed by atoms with E-state index in [9.17, 15) is 4.79 Å². The molecule has 0 atom stereocenters. The number of carbonyl (C=O) groups is 1. The van der Waals surface area contributed by atoms with Crippen molar-refractivity contribution < 1.29 is 9.53 Å². The van der Waals surface area contributed by atoms with Gasteiger partial charge in [0.15, 0.2) is 0 Å². The largest absolute Gasteiger partial charge is 0.466 e. The summed E-state index contributed by atoms with van der Waals surface area (Å²) in [4.78, 5) is 11.2. The Bertz CT molecular complexity index is 361. The molecule has 88 valence electrons. The summed E-state index contributed by atoms with van der Waals surface area (Å²) in [5.41, 5.74) is 2.55. The van der Waals surface area contributed by atoms with Gasteiger partial charge in [0.1, 0.15) is 0 Å². The fourth-order valence-corrected chi connectivity index (χ4v) is 1.99. The number of esters is 1. The topological polar surface area (TPSA) is 26.3 Å². The van der Waals surface area contributed by atoms with E-state index in [1.165, 1.54) is 11.1 Å². The average molecular weight is 285 g/mol. The van der Waals surface area contributed by atoms with Gasteiger partial charge in [0, 0.05) is 10.9 Å². The van der Waals surface area contributed by atoms with Gasteiger partial charge in [-0.1, -0.05) is 28.1 Å². The standard InChI is InChI=1S/C13H17BrO2/c1-3-16-13(15)9-5-7-11-6-4-8-12(14)10(11)2/h4,6,8H,3,5,7,9H2,1-2H3. The first kappa shape index (κ1) is 13.2. The van der Waals surface area contributed by atoms with Gasteiger partial charge in [-0.3, -0.25) is 4.79 Å². The lowest BCUT2D eigenvalue weighted by atomic mass is 10.0. The maximum atomic E-state index is 11.2. The third-order valence-corrected chi connectivity index (χ3v) is 3.37. The van der Waals surface area contributed by atoms with E-state index in [0.29, 0.717) is 13.0 Å². The molecule has 0 bridgehead atoms. The summed E-state index contributed by atoms with van der Waals surface area (Å²) in [6.45, 7) is 4.38. The van der Waals surface area contributed by atoms with Crippen LogP contribution in [-0.2, 0) is 16.0 Å². The minimum Gasteiger partial charge on any atom is -0.466 e. The second kappa shape index (κ2) is 6.69. The maximum Gasteiger partial charge on any atom is 0.305 e. The summed E-state index contributed by atoms with van der Waals surface area (Å²) < 4.78 is 6.01. The molecule has 1 rings (SSSR count). The van der Waals surface area contributed by atoms with Crippen LogP contribution in [0, 0.1) is 6.92 Å². The van der Waals surface area contributed by atoms with Crippen molar-refractivity contribution in [3.8, 4) is 0 Å². The molecule has 0 saturated heterocycles.